The SMILES string of the molecule is Cc1ccc(S(=O)(=O)N[C@H](CCSc2nnc(-c3cccs3)n2Cc2ccccc2)c2ccccc2)cc1. The number of benzene rings is 3. The molecule has 5 rings (SSSR count). The molecule has 1 atom stereocenters. The van der Waals surface area contributed by atoms with Gasteiger partial charge in [-0.3, -0.25) is 4.57 Å². The number of thiophene rings is 1. The molecule has 3 aromatic carbocycles. The maximum atomic E-state index is 13.2. The van der Waals surface area contributed by atoms with E-state index in [0.29, 0.717) is 18.7 Å². The molecule has 0 spiro atoms. The first-order valence-corrected chi connectivity index (χ1v) is 15.6. The minimum atomic E-state index is -3.68. The molecule has 38 heavy (non-hydrogen) atoms. The van der Waals surface area contributed by atoms with Crippen LogP contribution in [0, 0.1) is 6.92 Å². The van der Waals surface area contributed by atoms with Gasteiger partial charge in [0.2, 0.25) is 10.0 Å². The Morgan fingerprint density at radius 3 is 2.29 bits per heavy atom. The summed E-state index contributed by atoms with van der Waals surface area (Å²) >= 11 is 3.23. The van der Waals surface area contributed by atoms with Gasteiger partial charge in [-0.25, -0.2) is 13.1 Å². The van der Waals surface area contributed by atoms with Crippen molar-refractivity contribution in [3.63, 3.8) is 0 Å². The van der Waals surface area contributed by atoms with E-state index in [9.17, 15) is 8.42 Å². The average molecular weight is 561 g/mol. The fraction of sp³-hybridized carbons (Fsp3) is 0.172. The predicted molar refractivity (Wildman–Crippen MR) is 155 cm³/mol. The standard InChI is InChI=1S/C29H28N4O2S3/c1-22-14-16-25(17-15-22)38(34,35)32-26(24-11-6-3-7-12-24)18-20-37-29-31-30-28(27-13-8-19-36-27)33(29)21-23-9-4-2-5-10-23/h2-17,19,26,32H,18,20-21H2,1H3/t26-/m1/s1. The normalized spacial score (nSPS) is 12.4. The van der Waals surface area contributed by atoms with Crippen molar-refractivity contribution < 1.29 is 8.42 Å². The smallest absolute Gasteiger partial charge is 0.241 e. The molecule has 5 aromatic rings. The first-order chi connectivity index (χ1) is 18.5. The van der Waals surface area contributed by atoms with Crippen molar-refractivity contribution in [3.05, 3.63) is 119 Å². The number of hydrogen-bond acceptors (Lipinski definition) is 6. The van der Waals surface area contributed by atoms with E-state index in [2.05, 4.69) is 37.7 Å². The van der Waals surface area contributed by atoms with Crippen molar-refractivity contribution in [3.8, 4) is 10.7 Å². The largest absolute Gasteiger partial charge is 0.297 e. The Bertz CT molecular complexity index is 1550. The van der Waals surface area contributed by atoms with Crippen LogP contribution in [0.2, 0.25) is 0 Å². The third-order valence-electron chi connectivity index (χ3n) is 6.11. The monoisotopic (exact) mass is 560 g/mol. The second-order valence-corrected chi connectivity index (χ2v) is 12.6. The summed E-state index contributed by atoms with van der Waals surface area (Å²) in [6.07, 6.45) is 0.590. The van der Waals surface area contributed by atoms with Crippen LogP contribution in [0.1, 0.15) is 29.2 Å². The van der Waals surface area contributed by atoms with Gasteiger partial charge < -0.3 is 0 Å². The Hall–Kier alpha value is -3.24. The van der Waals surface area contributed by atoms with Gasteiger partial charge in [0.25, 0.3) is 0 Å². The van der Waals surface area contributed by atoms with Gasteiger partial charge in [0, 0.05) is 11.8 Å². The van der Waals surface area contributed by atoms with Crippen molar-refractivity contribution in [1.29, 1.82) is 0 Å². The first-order valence-electron chi connectivity index (χ1n) is 12.3. The predicted octanol–water partition coefficient (Wildman–Crippen LogP) is 6.57. The van der Waals surface area contributed by atoms with Crippen LogP contribution in [0.5, 0.6) is 0 Å². The van der Waals surface area contributed by atoms with Crippen LogP contribution in [0.3, 0.4) is 0 Å². The zero-order valence-corrected chi connectivity index (χ0v) is 23.3. The highest BCUT2D eigenvalue weighted by Gasteiger charge is 2.22. The van der Waals surface area contributed by atoms with Crippen molar-refractivity contribution in [2.75, 3.05) is 5.75 Å². The van der Waals surface area contributed by atoms with E-state index < -0.39 is 10.0 Å². The Morgan fingerprint density at radius 2 is 1.61 bits per heavy atom. The molecule has 2 aromatic heterocycles. The van der Waals surface area contributed by atoms with Crippen LogP contribution in [0.15, 0.2) is 112 Å². The first kappa shape index (κ1) is 26.4. The highest BCUT2D eigenvalue weighted by atomic mass is 32.2. The van der Waals surface area contributed by atoms with E-state index in [1.807, 2.05) is 79.0 Å². The zero-order chi connectivity index (χ0) is 26.4. The van der Waals surface area contributed by atoms with Crippen molar-refractivity contribution in [2.45, 2.75) is 36.0 Å². The topological polar surface area (TPSA) is 76.9 Å². The number of rotatable bonds is 11. The molecule has 6 nitrogen and oxygen atoms in total. The molecule has 1 N–H and O–H groups in total. The van der Waals surface area contributed by atoms with E-state index in [1.165, 1.54) is 5.56 Å². The Morgan fingerprint density at radius 1 is 0.895 bits per heavy atom. The number of nitrogens with zero attached hydrogens (tertiary/aromatic N) is 3. The number of thioether (sulfide) groups is 1. The lowest BCUT2D eigenvalue weighted by Gasteiger charge is -2.19. The van der Waals surface area contributed by atoms with Crippen LogP contribution in [-0.4, -0.2) is 28.9 Å². The molecule has 0 fully saturated rings. The molecular weight excluding hydrogens is 533 g/mol. The quantitative estimate of drug-likeness (QED) is 0.185. The Kier molecular flexibility index (Phi) is 8.38. The molecule has 194 valence electrons. The molecule has 0 unspecified atom stereocenters. The van der Waals surface area contributed by atoms with Crippen molar-refractivity contribution >= 4 is 33.1 Å². The molecule has 0 aliphatic carbocycles. The van der Waals surface area contributed by atoms with Crippen LogP contribution in [-0.2, 0) is 16.6 Å². The van der Waals surface area contributed by atoms with Crippen LogP contribution in [0.25, 0.3) is 10.7 Å². The number of aryl methyl sites for hydroxylation is 1. The van der Waals surface area contributed by atoms with E-state index >= 15 is 0 Å². The van der Waals surface area contributed by atoms with Gasteiger partial charge in [0.1, 0.15) is 0 Å². The lowest BCUT2D eigenvalue weighted by atomic mass is 10.1. The molecular formula is C29H28N4O2S3. The molecule has 0 bridgehead atoms. The highest BCUT2D eigenvalue weighted by molar-refractivity contribution is 7.99. The van der Waals surface area contributed by atoms with Gasteiger partial charge in [-0.15, -0.1) is 21.5 Å². The zero-order valence-electron chi connectivity index (χ0n) is 20.9. The number of sulfonamides is 1. The molecule has 0 saturated heterocycles. The van der Waals surface area contributed by atoms with Gasteiger partial charge in [0.05, 0.1) is 16.3 Å². The number of hydrogen-bond donors (Lipinski definition) is 1. The van der Waals surface area contributed by atoms with E-state index in [0.717, 1.165) is 27.0 Å². The van der Waals surface area contributed by atoms with Crippen molar-refractivity contribution in [1.82, 2.24) is 19.5 Å². The minimum absolute atomic E-state index is 0.264. The lowest BCUT2D eigenvalue weighted by molar-refractivity contribution is 0.551. The molecule has 0 amide bonds. The van der Waals surface area contributed by atoms with E-state index in [1.54, 1.807) is 35.2 Å². The summed E-state index contributed by atoms with van der Waals surface area (Å²) in [7, 11) is -3.68. The highest BCUT2D eigenvalue weighted by Crippen LogP contribution is 2.30. The third kappa shape index (κ3) is 6.42. The van der Waals surface area contributed by atoms with Crippen LogP contribution < -0.4 is 4.72 Å². The third-order valence-corrected chi connectivity index (χ3v) is 9.46. The molecule has 0 aliphatic rings. The number of nitrogens with one attached hydrogen (secondary N) is 1. The maximum absolute atomic E-state index is 13.2. The van der Waals surface area contributed by atoms with Crippen LogP contribution >= 0.6 is 23.1 Å². The average Bonchev–Trinajstić information content (AvgIpc) is 3.60. The molecule has 0 aliphatic heterocycles. The van der Waals surface area contributed by atoms with Crippen molar-refractivity contribution in [2.24, 2.45) is 0 Å². The fourth-order valence-corrected chi connectivity index (χ4v) is 7.03. The second-order valence-electron chi connectivity index (χ2n) is 8.89. The summed E-state index contributed by atoms with van der Waals surface area (Å²) in [5, 5.41) is 11.9. The van der Waals surface area contributed by atoms with Gasteiger partial charge in [-0.2, -0.15) is 0 Å². The molecule has 2 heterocycles. The van der Waals surface area contributed by atoms with Gasteiger partial charge in [-0.1, -0.05) is 96.2 Å². The van der Waals surface area contributed by atoms with Gasteiger partial charge in [0.15, 0.2) is 11.0 Å². The lowest BCUT2D eigenvalue weighted by Crippen LogP contribution is -2.29. The molecule has 9 heteroatoms. The summed E-state index contributed by atoms with van der Waals surface area (Å²) in [5.74, 6) is 1.50. The molecule has 0 radical (unpaired) electrons. The summed E-state index contributed by atoms with van der Waals surface area (Å²) in [4.78, 5) is 1.33. The Balaban J connectivity index is 1.36. The summed E-state index contributed by atoms with van der Waals surface area (Å²) in [6, 6.07) is 30.6. The maximum Gasteiger partial charge on any atom is 0.241 e. The van der Waals surface area contributed by atoms with Gasteiger partial charge in [-0.05, 0) is 48.1 Å². The molecule has 0 saturated carbocycles. The summed E-state index contributed by atoms with van der Waals surface area (Å²) in [6.45, 7) is 2.60. The summed E-state index contributed by atoms with van der Waals surface area (Å²) < 4.78 is 31.5. The summed E-state index contributed by atoms with van der Waals surface area (Å²) in [5.41, 5.74) is 3.11. The van der Waals surface area contributed by atoms with E-state index in [-0.39, 0.29) is 10.9 Å². The minimum Gasteiger partial charge on any atom is -0.297 e. The Labute approximate surface area is 231 Å². The number of aromatic nitrogens is 3. The fourth-order valence-electron chi connectivity index (χ4n) is 4.11. The second kappa shape index (κ2) is 12.1. The van der Waals surface area contributed by atoms with Crippen LogP contribution in [0.4, 0.5) is 0 Å². The van der Waals surface area contributed by atoms with E-state index in [4.69, 9.17) is 0 Å². The van der Waals surface area contributed by atoms with Gasteiger partial charge >= 0.3 is 0 Å².